The molecule has 1 aliphatic carbocycles. The first-order valence-corrected chi connectivity index (χ1v) is 9.31. The smallest absolute Gasteiger partial charge is 0.0613 e. The average molecular weight is 299 g/mol. The Bertz CT molecular complexity index is 248. The van der Waals surface area contributed by atoms with Crippen LogP contribution >= 0.6 is 0 Å². The van der Waals surface area contributed by atoms with E-state index in [1.807, 2.05) is 0 Å². The van der Waals surface area contributed by atoms with Crippen molar-refractivity contribution in [1.82, 2.24) is 10.2 Å². The zero-order valence-electron chi connectivity index (χ0n) is 14.7. The fraction of sp³-hybridized carbons (Fsp3) is 1.00. The molecule has 1 aliphatic rings. The van der Waals surface area contributed by atoms with Gasteiger partial charge in [0.25, 0.3) is 0 Å². The predicted molar refractivity (Wildman–Crippen MR) is 91.8 cm³/mol. The van der Waals surface area contributed by atoms with Gasteiger partial charge in [0.05, 0.1) is 6.61 Å². The van der Waals surface area contributed by atoms with Crippen LogP contribution in [0.4, 0.5) is 0 Å². The number of nitrogens with one attached hydrogen (secondary N) is 1. The lowest BCUT2D eigenvalue weighted by Gasteiger charge is -2.36. The molecule has 2 N–H and O–H groups in total. The summed E-state index contributed by atoms with van der Waals surface area (Å²) in [6.45, 7) is 10.3. The molecule has 1 saturated carbocycles. The molecule has 0 radical (unpaired) electrons. The molecule has 21 heavy (non-hydrogen) atoms. The maximum Gasteiger partial charge on any atom is 0.0613 e. The van der Waals surface area contributed by atoms with Crippen molar-refractivity contribution in [3.63, 3.8) is 0 Å². The van der Waals surface area contributed by atoms with Crippen LogP contribution < -0.4 is 5.32 Å². The molecule has 0 saturated heterocycles. The maximum atomic E-state index is 9.80. The second-order valence-electron chi connectivity index (χ2n) is 6.74. The molecule has 0 aliphatic heterocycles. The number of hydrogen-bond acceptors (Lipinski definition) is 3. The van der Waals surface area contributed by atoms with E-state index in [2.05, 4.69) is 31.0 Å². The van der Waals surface area contributed by atoms with Gasteiger partial charge in [-0.25, -0.2) is 0 Å². The first-order chi connectivity index (χ1) is 10.2. The van der Waals surface area contributed by atoms with Gasteiger partial charge in [-0.15, -0.1) is 0 Å². The van der Waals surface area contributed by atoms with Crippen LogP contribution in [0.15, 0.2) is 0 Å². The third-order valence-electron chi connectivity index (χ3n) is 5.33. The number of aliphatic hydroxyl groups is 1. The van der Waals surface area contributed by atoms with E-state index in [4.69, 9.17) is 0 Å². The van der Waals surface area contributed by atoms with Crippen molar-refractivity contribution < 1.29 is 5.11 Å². The lowest BCUT2D eigenvalue weighted by Crippen LogP contribution is -2.49. The van der Waals surface area contributed by atoms with Crippen LogP contribution in [0.5, 0.6) is 0 Å². The fourth-order valence-corrected chi connectivity index (χ4v) is 3.69. The molecule has 0 bridgehead atoms. The van der Waals surface area contributed by atoms with Crippen molar-refractivity contribution in [1.29, 1.82) is 0 Å². The normalized spacial score (nSPS) is 19.9. The first-order valence-electron chi connectivity index (χ1n) is 9.31. The summed E-state index contributed by atoms with van der Waals surface area (Å²) in [4.78, 5) is 2.68. The number of aliphatic hydroxyl groups excluding tert-OH is 1. The van der Waals surface area contributed by atoms with E-state index < -0.39 is 0 Å². The summed E-state index contributed by atoms with van der Waals surface area (Å²) >= 11 is 0. The van der Waals surface area contributed by atoms with Crippen molar-refractivity contribution in [2.45, 2.75) is 90.1 Å². The molecule has 0 aromatic carbocycles. The molecule has 1 atom stereocenters. The predicted octanol–water partition coefficient (Wildman–Crippen LogP) is 3.56. The molecule has 3 nitrogen and oxygen atoms in total. The Kier molecular flexibility index (Phi) is 9.54. The van der Waals surface area contributed by atoms with Crippen molar-refractivity contribution in [2.75, 3.05) is 26.2 Å². The van der Waals surface area contributed by atoms with E-state index in [9.17, 15) is 5.11 Å². The third-order valence-corrected chi connectivity index (χ3v) is 5.33. The van der Waals surface area contributed by atoms with E-state index in [-0.39, 0.29) is 12.1 Å². The standard InChI is InChI=1S/C18H38N2O/c1-4-14-19-18(5-2,16-21)13-10-15-20(6-3)17-11-8-7-9-12-17/h17,19,21H,4-16H2,1-3H3. The molecular weight excluding hydrogens is 260 g/mol. The van der Waals surface area contributed by atoms with Crippen LogP contribution in [0.3, 0.4) is 0 Å². The quantitative estimate of drug-likeness (QED) is 0.612. The van der Waals surface area contributed by atoms with Gasteiger partial charge in [-0.2, -0.15) is 0 Å². The van der Waals surface area contributed by atoms with E-state index >= 15 is 0 Å². The lowest BCUT2D eigenvalue weighted by atomic mass is 9.90. The van der Waals surface area contributed by atoms with Crippen LogP contribution in [-0.4, -0.2) is 47.8 Å². The Balaban J connectivity index is 2.39. The summed E-state index contributed by atoms with van der Waals surface area (Å²) in [5.74, 6) is 0. The molecule has 1 fully saturated rings. The van der Waals surface area contributed by atoms with Gasteiger partial charge in [0.15, 0.2) is 0 Å². The van der Waals surface area contributed by atoms with Gasteiger partial charge in [0.2, 0.25) is 0 Å². The van der Waals surface area contributed by atoms with Gasteiger partial charge in [-0.1, -0.05) is 40.0 Å². The van der Waals surface area contributed by atoms with Gasteiger partial charge in [0.1, 0.15) is 0 Å². The Labute approximate surface area is 132 Å². The second kappa shape index (κ2) is 10.6. The maximum absolute atomic E-state index is 9.80. The largest absolute Gasteiger partial charge is 0.394 e. The summed E-state index contributed by atoms with van der Waals surface area (Å²) in [5, 5.41) is 13.4. The summed E-state index contributed by atoms with van der Waals surface area (Å²) in [6, 6.07) is 0.817. The van der Waals surface area contributed by atoms with Gasteiger partial charge < -0.3 is 15.3 Å². The summed E-state index contributed by atoms with van der Waals surface area (Å²) in [5.41, 5.74) is -0.0536. The molecule has 0 aromatic rings. The highest BCUT2D eigenvalue weighted by molar-refractivity contribution is 4.86. The Hall–Kier alpha value is -0.120. The lowest BCUT2D eigenvalue weighted by molar-refractivity contribution is 0.124. The highest BCUT2D eigenvalue weighted by Gasteiger charge is 2.27. The van der Waals surface area contributed by atoms with Crippen molar-refractivity contribution in [3.05, 3.63) is 0 Å². The zero-order chi connectivity index (χ0) is 15.6. The van der Waals surface area contributed by atoms with E-state index in [0.29, 0.717) is 0 Å². The first kappa shape index (κ1) is 18.9. The van der Waals surface area contributed by atoms with Gasteiger partial charge in [0, 0.05) is 11.6 Å². The van der Waals surface area contributed by atoms with Crippen LogP contribution in [0.25, 0.3) is 0 Å². The Morgan fingerprint density at radius 1 is 1.14 bits per heavy atom. The van der Waals surface area contributed by atoms with Gasteiger partial charge >= 0.3 is 0 Å². The second-order valence-corrected chi connectivity index (χ2v) is 6.74. The van der Waals surface area contributed by atoms with Gasteiger partial charge in [-0.05, 0) is 58.2 Å². The average Bonchev–Trinajstić information content (AvgIpc) is 2.56. The molecule has 0 aromatic heterocycles. The van der Waals surface area contributed by atoms with Crippen LogP contribution in [0, 0.1) is 0 Å². The minimum atomic E-state index is -0.0536. The zero-order valence-corrected chi connectivity index (χ0v) is 14.7. The molecule has 0 spiro atoms. The number of hydrogen-bond donors (Lipinski definition) is 2. The Morgan fingerprint density at radius 2 is 1.86 bits per heavy atom. The van der Waals surface area contributed by atoms with Crippen molar-refractivity contribution >= 4 is 0 Å². The molecule has 0 heterocycles. The molecule has 3 heteroatoms. The monoisotopic (exact) mass is 298 g/mol. The third kappa shape index (κ3) is 6.25. The van der Waals surface area contributed by atoms with Gasteiger partial charge in [-0.3, -0.25) is 0 Å². The molecular formula is C18H38N2O. The summed E-state index contributed by atoms with van der Waals surface area (Å²) < 4.78 is 0. The Morgan fingerprint density at radius 3 is 2.38 bits per heavy atom. The van der Waals surface area contributed by atoms with E-state index in [1.54, 1.807) is 0 Å². The fourth-order valence-electron chi connectivity index (χ4n) is 3.69. The SMILES string of the molecule is CCCNC(CC)(CO)CCCN(CC)C1CCCCC1. The van der Waals surface area contributed by atoms with E-state index in [0.717, 1.165) is 31.8 Å². The van der Waals surface area contributed by atoms with Crippen LogP contribution in [0.1, 0.15) is 78.6 Å². The highest BCUT2D eigenvalue weighted by Crippen LogP contribution is 2.24. The minimum absolute atomic E-state index is 0.0536. The molecule has 0 amide bonds. The molecule has 1 rings (SSSR count). The minimum Gasteiger partial charge on any atom is -0.394 e. The number of rotatable bonds is 11. The summed E-state index contributed by atoms with van der Waals surface area (Å²) in [7, 11) is 0. The van der Waals surface area contributed by atoms with E-state index in [1.165, 1.54) is 51.6 Å². The summed E-state index contributed by atoms with van der Waals surface area (Å²) in [6.07, 6.45) is 11.5. The molecule has 126 valence electrons. The topological polar surface area (TPSA) is 35.5 Å². The molecule has 1 unspecified atom stereocenters. The van der Waals surface area contributed by atoms with Crippen molar-refractivity contribution in [2.24, 2.45) is 0 Å². The number of nitrogens with zero attached hydrogens (tertiary/aromatic N) is 1. The highest BCUT2D eigenvalue weighted by atomic mass is 16.3. The van der Waals surface area contributed by atoms with Crippen LogP contribution in [0.2, 0.25) is 0 Å². The van der Waals surface area contributed by atoms with Crippen molar-refractivity contribution in [3.8, 4) is 0 Å². The van der Waals surface area contributed by atoms with Crippen LogP contribution in [-0.2, 0) is 0 Å².